The summed E-state index contributed by atoms with van der Waals surface area (Å²) in [4.78, 5) is 36.9. The molecule has 2 amide bonds. The topological polar surface area (TPSA) is 124 Å². The van der Waals surface area contributed by atoms with Gasteiger partial charge in [0.2, 0.25) is 11.8 Å². The molecule has 3 aromatic rings. The smallest absolute Gasteiger partial charge is 0.338 e. The Labute approximate surface area is 225 Å². The van der Waals surface area contributed by atoms with Crippen molar-refractivity contribution in [2.45, 2.75) is 38.0 Å². The van der Waals surface area contributed by atoms with Crippen molar-refractivity contribution < 1.29 is 23.9 Å². The van der Waals surface area contributed by atoms with Crippen LogP contribution in [-0.2, 0) is 27.3 Å². The standard InChI is InChI=1S/C27H31N5O5S/c1-5-15-32-25(18(3)28-23(33)16-19-7-13-22(36-4)14-8-19)30-31-27(32)38-17-24(34)29-21-11-9-20(10-12-21)26(35)37-6-2/h5,7-14,18H,1,6,15-17H2,2-4H3,(H,28,33)(H,29,34)/t18-/m0/s1. The molecule has 0 saturated carbocycles. The van der Waals surface area contributed by atoms with E-state index in [-0.39, 0.29) is 24.0 Å². The molecule has 0 spiro atoms. The lowest BCUT2D eigenvalue weighted by Gasteiger charge is -2.15. The average Bonchev–Trinajstić information content (AvgIpc) is 3.31. The number of amides is 2. The van der Waals surface area contributed by atoms with Crippen molar-refractivity contribution in [2.24, 2.45) is 0 Å². The molecule has 3 rings (SSSR count). The number of rotatable bonds is 13. The predicted octanol–water partition coefficient (Wildman–Crippen LogP) is 3.80. The SMILES string of the molecule is C=CCn1c(SCC(=O)Nc2ccc(C(=O)OCC)cc2)nnc1[C@H](C)NC(=O)Cc1ccc(OC)cc1. The molecule has 38 heavy (non-hydrogen) atoms. The monoisotopic (exact) mass is 537 g/mol. The van der Waals surface area contributed by atoms with Gasteiger partial charge >= 0.3 is 5.97 Å². The van der Waals surface area contributed by atoms with Crippen LogP contribution in [0.25, 0.3) is 0 Å². The summed E-state index contributed by atoms with van der Waals surface area (Å²) in [6.45, 7) is 8.07. The molecule has 0 unspecified atom stereocenters. The van der Waals surface area contributed by atoms with Gasteiger partial charge in [-0.05, 0) is 55.8 Å². The Morgan fingerprint density at radius 3 is 2.42 bits per heavy atom. The summed E-state index contributed by atoms with van der Waals surface area (Å²) < 4.78 is 11.9. The third kappa shape index (κ3) is 7.94. The Bertz CT molecular complexity index is 1260. The zero-order chi connectivity index (χ0) is 27.5. The summed E-state index contributed by atoms with van der Waals surface area (Å²) in [7, 11) is 1.59. The number of allylic oxidation sites excluding steroid dienone is 1. The van der Waals surface area contributed by atoms with Gasteiger partial charge in [-0.1, -0.05) is 30.0 Å². The lowest BCUT2D eigenvalue weighted by molar-refractivity contribution is -0.121. The molecule has 0 radical (unpaired) electrons. The van der Waals surface area contributed by atoms with E-state index < -0.39 is 12.0 Å². The first-order valence-electron chi connectivity index (χ1n) is 12.0. The first-order valence-corrected chi connectivity index (χ1v) is 13.0. The van der Waals surface area contributed by atoms with E-state index in [2.05, 4.69) is 27.4 Å². The third-order valence-electron chi connectivity index (χ3n) is 5.36. The van der Waals surface area contributed by atoms with Crippen LogP contribution >= 0.6 is 11.8 Å². The minimum atomic E-state index is -0.413. The van der Waals surface area contributed by atoms with Gasteiger partial charge in [0.15, 0.2) is 11.0 Å². The van der Waals surface area contributed by atoms with Crippen molar-refractivity contribution >= 4 is 35.2 Å². The number of benzene rings is 2. The van der Waals surface area contributed by atoms with Crippen molar-refractivity contribution in [1.29, 1.82) is 0 Å². The number of carbonyl (C=O) groups is 3. The highest BCUT2D eigenvalue weighted by atomic mass is 32.2. The zero-order valence-corrected chi connectivity index (χ0v) is 22.4. The van der Waals surface area contributed by atoms with Gasteiger partial charge in [-0.2, -0.15) is 0 Å². The molecule has 1 aromatic heterocycles. The number of hydrogen-bond donors (Lipinski definition) is 2. The lowest BCUT2D eigenvalue weighted by atomic mass is 10.1. The number of methoxy groups -OCH3 is 1. The molecular formula is C27H31N5O5S. The second kappa shape index (κ2) is 14.0. The van der Waals surface area contributed by atoms with E-state index in [0.29, 0.717) is 35.4 Å². The van der Waals surface area contributed by atoms with Crippen LogP contribution in [0.1, 0.15) is 41.6 Å². The largest absolute Gasteiger partial charge is 0.497 e. The highest BCUT2D eigenvalue weighted by Gasteiger charge is 2.20. The summed E-state index contributed by atoms with van der Waals surface area (Å²) in [5, 5.41) is 14.8. The normalized spacial score (nSPS) is 11.3. The average molecular weight is 538 g/mol. The minimum Gasteiger partial charge on any atom is -0.497 e. The molecule has 10 nitrogen and oxygen atoms in total. The summed E-state index contributed by atoms with van der Waals surface area (Å²) in [6.07, 6.45) is 1.92. The fraction of sp³-hybridized carbons (Fsp3) is 0.296. The summed E-state index contributed by atoms with van der Waals surface area (Å²) in [5.74, 6) is 0.570. The highest BCUT2D eigenvalue weighted by molar-refractivity contribution is 7.99. The molecule has 11 heteroatoms. The molecule has 1 heterocycles. The number of carbonyl (C=O) groups excluding carboxylic acids is 3. The number of thioether (sulfide) groups is 1. The Hall–Kier alpha value is -4.12. The van der Waals surface area contributed by atoms with Gasteiger partial charge in [-0.3, -0.25) is 9.59 Å². The second-order valence-electron chi connectivity index (χ2n) is 8.19. The van der Waals surface area contributed by atoms with Gasteiger partial charge in [-0.15, -0.1) is 16.8 Å². The van der Waals surface area contributed by atoms with Crippen molar-refractivity contribution in [1.82, 2.24) is 20.1 Å². The molecule has 200 valence electrons. The summed E-state index contributed by atoms with van der Waals surface area (Å²) in [5.41, 5.74) is 1.83. The van der Waals surface area contributed by atoms with Crippen LogP contribution in [0, 0.1) is 0 Å². The molecule has 0 aliphatic carbocycles. The summed E-state index contributed by atoms with van der Waals surface area (Å²) in [6, 6.07) is 13.4. The maximum Gasteiger partial charge on any atom is 0.338 e. The van der Waals surface area contributed by atoms with Crippen molar-refractivity contribution in [3.63, 3.8) is 0 Å². The van der Waals surface area contributed by atoms with Gasteiger partial charge < -0.3 is 24.7 Å². The van der Waals surface area contributed by atoms with Crippen LogP contribution in [0.2, 0.25) is 0 Å². The van der Waals surface area contributed by atoms with Gasteiger partial charge in [0, 0.05) is 12.2 Å². The lowest BCUT2D eigenvalue weighted by Crippen LogP contribution is -2.30. The number of anilines is 1. The van der Waals surface area contributed by atoms with Crippen LogP contribution < -0.4 is 15.4 Å². The van der Waals surface area contributed by atoms with Crippen molar-refractivity contribution in [3.05, 3.63) is 78.1 Å². The quantitative estimate of drug-likeness (QED) is 0.192. The maximum absolute atomic E-state index is 12.6. The van der Waals surface area contributed by atoms with E-state index in [4.69, 9.17) is 9.47 Å². The number of nitrogens with zero attached hydrogens (tertiary/aromatic N) is 3. The molecule has 0 aliphatic rings. The molecular weight excluding hydrogens is 506 g/mol. The third-order valence-corrected chi connectivity index (χ3v) is 6.32. The summed E-state index contributed by atoms with van der Waals surface area (Å²) >= 11 is 1.22. The van der Waals surface area contributed by atoms with Gasteiger partial charge in [0.05, 0.1) is 37.5 Å². The Kier molecular flexibility index (Phi) is 10.5. The van der Waals surface area contributed by atoms with E-state index in [1.165, 1.54) is 11.8 Å². The van der Waals surface area contributed by atoms with Gasteiger partial charge in [0.1, 0.15) is 5.75 Å². The zero-order valence-electron chi connectivity index (χ0n) is 21.6. The minimum absolute atomic E-state index is 0.0904. The molecule has 0 aliphatic heterocycles. The van der Waals surface area contributed by atoms with E-state index in [1.54, 1.807) is 44.4 Å². The van der Waals surface area contributed by atoms with Crippen LogP contribution in [0.15, 0.2) is 66.3 Å². The van der Waals surface area contributed by atoms with E-state index in [1.807, 2.05) is 35.8 Å². The van der Waals surface area contributed by atoms with E-state index in [9.17, 15) is 14.4 Å². The maximum atomic E-state index is 12.6. The number of aromatic nitrogens is 3. The fourth-order valence-corrected chi connectivity index (χ4v) is 4.30. The van der Waals surface area contributed by atoms with Crippen LogP contribution in [0.5, 0.6) is 5.75 Å². The number of nitrogens with one attached hydrogen (secondary N) is 2. The molecule has 1 atom stereocenters. The number of hydrogen-bond acceptors (Lipinski definition) is 8. The van der Waals surface area contributed by atoms with Crippen molar-refractivity contribution in [3.8, 4) is 5.75 Å². The molecule has 0 fully saturated rings. The molecule has 2 aromatic carbocycles. The molecule has 2 N–H and O–H groups in total. The predicted molar refractivity (Wildman–Crippen MR) is 145 cm³/mol. The first kappa shape index (κ1) is 28.5. The van der Waals surface area contributed by atoms with E-state index in [0.717, 1.165) is 11.3 Å². The van der Waals surface area contributed by atoms with E-state index >= 15 is 0 Å². The van der Waals surface area contributed by atoms with Gasteiger partial charge in [0.25, 0.3) is 0 Å². The fourth-order valence-electron chi connectivity index (χ4n) is 3.54. The van der Waals surface area contributed by atoms with Gasteiger partial charge in [-0.25, -0.2) is 4.79 Å². The Balaban J connectivity index is 1.57. The molecule has 0 bridgehead atoms. The Morgan fingerprint density at radius 2 is 1.79 bits per heavy atom. The van der Waals surface area contributed by atoms with Crippen LogP contribution in [0.3, 0.4) is 0 Å². The highest BCUT2D eigenvalue weighted by Crippen LogP contribution is 2.22. The van der Waals surface area contributed by atoms with Crippen LogP contribution in [-0.4, -0.2) is 52.0 Å². The molecule has 0 saturated heterocycles. The second-order valence-corrected chi connectivity index (χ2v) is 9.13. The number of esters is 1. The Morgan fingerprint density at radius 1 is 1.08 bits per heavy atom. The number of ether oxygens (including phenoxy) is 2. The first-order chi connectivity index (χ1) is 18.3. The van der Waals surface area contributed by atoms with Crippen LogP contribution in [0.4, 0.5) is 5.69 Å². The van der Waals surface area contributed by atoms with Crippen molar-refractivity contribution in [2.75, 3.05) is 24.8 Å².